The molecule has 0 aliphatic heterocycles. The lowest BCUT2D eigenvalue weighted by Gasteiger charge is -2.30. The molecule has 1 aliphatic carbocycles. The van der Waals surface area contributed by atoms with E-state index in [0.29, 0.717) is 31.8 Å². The van der Waals surface area contributed by atoms with Crippen LogP contribution in [0.15, 0.2) is 24.3 Å². The van der Waals surface area contributed by atoms with E-state index < -0.39 is 5.97 Å². The van der Waals surface area contributed by atoms with Gasteiger partial charge in [0.25, 0.3) is 0 Å². The summed E-state index contributed by atoms with van der Waals surface area (Å²) in [5.74, 6) is -0.373. The standard InChI is InChI=1S/C15H20N2O3/c18-14(19)7-3-4-8-16-15(20)17-10-12-9-11-5-1-2-6-13(11)12/h1-2,5-6,12H,3-4,7-10H2,(H,18,19)(H2,16,17,20). The highest BCUT2D eigenvalue weighted by Gasteiger charge is 2.25. The first-order valence-corrected chi connectivity index (χ1v) is 6.98. The van der Waals surface area contributed by atoms with Crippen LogP contribution in [0.4, 0.5) is 4.79 Å². The van der Waals surface area contributed by atoms with Crippen LogP contribution >= 0.6 is 0 Å². The number of hydrogen-bond acceptors (Lipinski definition) is 2. The van der Waals surface area contributed by atoms with Gasteiger partial charge in [-0.25, -0.2) is 4.79 Å². The Morgan fingerprint density at radius 1 is 1.20 bits per heavy atom. The molecule has 1 aliphatic rings. The number of nitrogens with one attached hydrogen (secondary N) is 2. The Kier molecular flexibility index (Phi) is 4.98. The zero-order chi connectivity index (χ0) is 14.4. The van der Waals surface area contributed by atoms with Gasteiger partial charge in [0.05, 0.1) is 0 Å². The molecule has 1 atom stereocenters. The van der Waals surface area contributed by atoms with Crippen LogP contribution in [0.1, 0.15) is 36.3 Å². The quantitative estimate of drug-likeness (QED) is 0.665. The zero-order valence-corrected chi connectivity index (χ0v) is 11.4. The van der Waals surface area contributed by atoms with Gasteiger partial charge in [-0.05, 0) is 30.4 Å². The third kappa shape index (κ3) is 3.98. The minimum absolute atomic E-state index is 0.155. The Labute approximate surface area is 118 Å². The van der Waals surface area contributed by atoms with E-state index in [1.54, 1.807) is 0 Å². The number of aliphatic carboxylic acids is 1. The van der Waals surface area contributed by atoms with Crippen LogP contribution in [0, 0.1) is 0 Å². The van der Waals surface area contributed by atoms with Crippen molar-refractivity contribution in [1.29, 1.82) is 0 Å². The maximum Gasteiger partial charge on any atom is 0.314 e. The fourth-order valence-electron chi connectivity index (χ4n) is 2.43. The lowest BCUT2D eigenvalue weighted by molar-refractivity contribution is -0.137. The molecule has 3 N–H and O–H groups in total. The number of urea groups is 1. The fraction of sp³-hybridized carbons (Fsp3) is 0.467. The first-order valence-electron chi connectivity index (χ1n) is 6.98. The molecule has 5 heteroatoms. The molecule has 0 aromatic heterocycles. The molecule has 0 saturated carbocycles. The van der Waals surface area contributed by atoms with E-state index in [9.17, 15) is 9.59 Å². The van der Waals surface area contributed by atoms with Crippen LogP contribution in [-0.4, -0.2) is 30.2 Å². The first kappa shape index (κ1) is 14.4. The molecule has 0 bridgehead atoms. The molecule has 1 aromatic carbocycles. The second kappa shape index (κ2) is 6.93. The minimum Gasteiger partial charge on any atom is -0.481 e. The van der Waals surface area contributed by atoms with Crippen molar-refractivity contribution in [3.8, 4) is 0 Å². The van der Waals surface area contributed by atoms with Gasteiger partial charge in [0.1, 0.15) is 0 Å². The van der Waals surface area contributed by atoms with Crippen LogP contribution in [0.25, 0.3) is 0 Å². The third-order valence-corrected chi connectivity index (χ3v) is 3.57. The second-order valence-corrected chi connectivity index (χ2v) is 5.09. The number of carboxylic acid groups (broad SMARTS) is 1. The molecule has 5 nitrogen and oxygen atoms in total. The van der Waals surface area contributed by atoms with E-state index in [-0.39, 0.29) is 12.5 Å². The Hall–Kier alpha value is -2.04. The topological polar surface area (TPSA) is 78.4 Å². The molecular formula is C15H20N2O3. The molecule has 0 spiro atoms. The van der Waals surface area contributed by atoms with Crippen molar-refractivity contribution in [2.45, 2.75) is 31.6 Å². The molecule has 0 saturated heterocycles. The predicted molar refractivity (Wildman–Crippen MR) is 75.8 cm³/mol. The molecule has 0 heterocycles. The highest BCUT2D eigenvalue weighted by Crippen LogP contribution is 2.33. The highest BCUT2D eigenvalue weighted by atomic mass is 16.4. The lowest BCUT2D eigenvalue weighted by Crippen LogP contribution is -2.40. The van der Waals surface area contributed by atoms with Crippen LogP contribution in [0.5, 0.6) is 0 Å². The summed E-state index contributed by atoms with van der Waals surface area (Å²) in [6.45, 7) is 1.17. The van der Waals surface area contributed by atoms with E-state index in [1.165, 1.54) is 11.1 Å². The summed E-state index contributed by atoms with van der Waals surface area (Å²) in [6.07, 6.45) is 2.45. The Balaban J connectivity index is 1.57. The number of carbonyl (C=O) groups excluding carboxylic acids is 1. The van der Waals surface area contributed by atoms with Crippen molar-refractivity contribution in [3.63, 3.8) is 0 Å². The molecule has 0 radical (unpaired) electrons. The minimum atomic E-state index is -0.793. The van der Waals surface area contributed by atoms with Crippen molar-refractivity contribution in [2.24, 2.45) is 0 Å². The number of carbonyl (C=O) groups is 2. The van der Waals surface area contributed by atoms with Crippen LogP contribution in [0.2, 0.25) is 0 Å². The van der Waals surface area contributed by atoms with Crippen molar-refractivity contribution >= 4 is 12.0 Å². The molecule has 0 fully saturated rings. The summed E-state index contributed by atoms with van der Waals surface area (Å²) in [7, 11) is 0. The summed E-state index contributed by atoms with van der Waals surface area (Å²) in [5, 5.41) is 14.1. The van der Waals surface area contributed by atoms with Gasteiger partial charge >= 0.3 is 12.0 Å². The number of fused-ring (bicyclic) bond motifs is 1. The Bertz CT molecular complexity index is 488. The van der Waals surface area contributed by atoms with Crippen molar-refractivity contribution < 1.29 is 14.7 Å². The maximum atomic E-state index is 11.6. The number of amides is 2. The first-order chi connectivity index (χ1) is 9.66. The average Bonchev–Trinajstić information content (AvgIpc) is 2.39. The number of unbranched alkanes of at least 4 members (excludes halogenated alkanes) is 1. The summed E-state index contributed by atoms with van der Waals surface area (Å²) in [6, 6.07) is 8.10. The molecule has 2 rings (SSSR count). The molecule has 2 amide bonds. The maximum absolute atomic E-state index is 11.6. The Morgan fingerprint density at radius 3 is 2.75 bits per heavy atom. The highest BCUT2D eigenvalue weighted by molar-refractivity contribution is 5.74. The largest absolute Gasteiger partial charge is 0.481 e. The Morgan fingerprint density at radius 2 is 2.00 bits per heavy atom. The van der Waals surface area contributed by atoms with Crippen LogP contribution < -0.4 is 10.6 Å². The molecule has 1 unspecified atom stereocenters. The van der Waals surface area contributed by atoms with E-state index >= 15 is 0 Å². The van der Waals surface area contributed by atoms with Gasteiger partial charge in [-0.15, -0.1) is 0 Å². The summed E-state index contributed by atoms with van der Waals surface area (Å²) in [4.78, 5) is 21.9. The van der Waals surface area contributed by atoms with E-state index in [0.717, 1.165) is 6.42 Å². The number of rotatable bonds is 7. The summed E-state index contributed by atoms with van der Waals surface area (Å²) < 4.78 is 0. The molecule has 20 heavy (non-hydrogen) atoms. The van der Waals surface area contributed by atoms with Gasteiger partial charge in [0, 0.05) is 25.4 Å². The average molecular weight is 276 g/mol. The SMILES string of the molecule is O=C(O)CCCCNC(=O)NCC1Cc2ccccc21. The molecule has 108 valence electrons. The van der Waals surface area contributed by atoms with Crippen LogP contribution in [0.3, 0.4) is 0 Å². The van der Waals surface area contributed by atoms with E-state index in [4.69, 9.17) is 5.11 Å². The van der Waals surface area contributed by atoms with Gasteiger partial charge in [-0.3, -0.25) is 4.79 Å². The second-order valence-electron chi connectivity index (χ2n) is 5.09. The van der Waals surface area contributed by atoms with Crippen molar-refractivity contribution in [3.05, 3.63) is 35.4 Å². The fourth-order valence-corrected chi connectivity index (χ4v) is 2.43. The third-order valence-electron chi connectivity index (χ3n) is 3.57. The number of benzene rings is 1. The summed E-state index contributed by atoms with van der Waals surface area (Å²) >= 11 is 0. The molecule has 1 aromatic rings. The van der Waals surface area contributed by atoms with E-state index in [2.05, 4.69) is 22.8 Å². The predicted octanol–water partition coefficient (Wildman–Crippen LogP) is 1.88. The normalized spacial score (nSPS) is 15.9. The molecular weight excluding hydrogens is 256 g/mol. The van der Waals surface area contributed by atoms with Crippen molar-refractivity contribution in [1.82, 2.24) is 10.6 Å². The lowest BCUT2D eigenvalue weighted by atomic mass is 9.78. The van der Waals surface area contributed by atoms with Gasteiger partial charge < -0.3 is 15.7 Å². The van der Waals surface area contributed by atoms with Crippen LogP contribution in [-0.2, 0) is 11.2 Å². The van der Waals surface area contributed by atoms with Gasteiger partial charge in [0.15, 0.2) is 0 Å². The van der Waals surface area contributed by atoms with Gasteiger partial charge in [-0.2, -0.15) is 0 Å². The van der Waals surface area contributed by atoms with Crippen molar-refractivity contribution in [2.75, 3.05) is 13.1 Å². The van der Waals surface area contributed by atoms with Gasteiger partial charge in [0.2, 0.25) is 0 Å². The van der Waals surface area contributed by atoms with Gasteiger partial charge in [-0.1, -0.05) is 24.3 Å². The number of hydrogen-bond donors (Lipinski definition) is 3. The zero-order valence-electron chi connectivity index (χ0n) is 11.4. The number of carboxylic acids is 1. The summed E-state index contributed by atoms with van der Waals surface area (Å²) in [5.41, 5.74) is 2.70. The van der Waals surface area contributed by atoms with E-state index in [1.807, 2.05) is 12.1 Å². The smallest absolute Gasteiger partial charge is 0.314 e. The monoisotopic (exact) mass is 276 g/mol.